The van der Waals surface area contributed by atoms with Crippen LogP contribution in [0.3, 0.4) is 0 Å². The first kappa shape index (κ1) is 21.4. The van der Waals surface area contributed by atoms with Crippen molar-refractivity contribution < 1.29 is 9.53 Å². The molecule has 0 unspecified atom stereocenters. The van der Waals surface area contributed by atoms with Gasteiger partial charge in [0.1, 0.15) is 0 Å². The molecule has 4 heteroatoms. The van der Waals surface area contributed by atoms with Crippen LogP contribution in [-0.4, -0.2) is 50.2 Å². The fourth-order valence-electron chi connectivity index (χ4n) is 3.22. The molecule has 0 radical (unpaired) electrons. The molecule has 0 saturated carbocycles. The van der Waals surface area contributed by atoms with Crippen LogP contribution >= 0.6 is 0 Å². The van der Waals surface area contributed by atoms with E-state index < -0.39 is 0 Å². The molecule has 0 aromatic heterocycles. The molecule has 1 amide bonds. The fourth-order valence-corrected chi connectivity index (χ4v) is 3.22. The number of nitrogens with one attached hydrogen (secondary N) is 1. The number of amides is 1. The zero-order valence-corrected chi connectivity index (χ0v) is 16.0. The van der Waals surface area contributed by atoms with Crippen molar-refractivity contribution in [3.05, 3.63) is 0 Å². The van der Waals surface area contributed by atoms with Crippen molar-refractivity contribution >= 4 is 5.91 Å². The monoisotopic (exact) mass is 340 g/mol. The summed E-state index contributed by atoms with van der Waals surface area (Å²) in [6, 6.07) is 0. The molecule has 1 aliphatic rings. The predicted molar refractivity (Wildman–Crippen MR) is 101 cm³/mol. The lowest BCUT2D eigenvalue weighted by atomic mass is 10.1. The van der Waals surface area contributed by atoms with Crippen molar-refractivity contribution in [1.82, 2.24) is 10.2 Å². The number of hydrogen-bond acceptors (Lipinski definition) is 3. The van der Waals surface area contributed by atoms with E-state index in [0.717, 1.165) is 58.7 Å². The van der Waals surface area contributed by atoms with E-state index in [1.54, 1.807) is 0 Å². The molecule has 0 bridgehead atoms. The van der Waals surface area contributed by atoms with Gasteiger partial charge in [0.15, 0.2) is 0 Å². The van der Waals surface area contributed by atoms with Gasteiger partial charge in [-0.25, -0.2) is 0 Å². The average Bonchev–Trinajstić information content (AvgIpc) is 2.99. The van der Waals surface area contributed by atoms with Gasteiger partial charge in [0.05, 0.1) is 6.61 Å². The molecule has 1 aliphatic heterocycles. The Balaban J connectivity index is 1.68. The molecule has 0 aromatic rings. The number of nitrogens with zero attached hydrogens (tertiary/aromatic N) is 1. The second-order valence-electron chi connectivity index (χ2n) is 7.03. The predicted octanol–water partition coefficient (Wildman–Crippen LogP) is 4.14. The summed E-state index contributed by atoms with van der Waals surface area (Å²) < 4.78 is 5.66. The topological polar surface area (TPSA) is 41.6 Å². The van der Waals surface area contributed by atoms with Crippen LogP contribution in [0.15, 0.2) is 0 Å². The Hall–Kier alpha value is -0.610. The fraction of sp³-hybridized carbons (Fsp3) is 0.950. The third-order valence-electron chi connectivity index (χ3n) is 4.77. The van der Waals surface area contributed by atoms with E-state index in [-0.39, 0.29) is 0 Å². The molecule has 1 fully saturated rings. The smallest absolute Gasteiger partial charge is 0.222 e. The Morgan fingerprint density at radius 2 is 1.62 bits per heavy atom. The summed E-state index contributed by atoms with van der Waals surface area (Å²) in [6.45, 7) is 7.74. The van der Waals surface area contributed by atoms with Gasteiger partial charge in [0.25, 0.3) is 0 Å². The lowest BCUT2D eigenvalue weighted by Crippen LogP contribution is -2.29. The molecular weight excluding hydrogens is 300 g/mol. The van der Waals surface area contributed by atoms with Gasteiger partial charge in [-0.3, -0.25) is 4.79 Å². The molecule has 0 spiro atoms. The van der Waals surface area contributed by atoms with E-state index in [4.69, 9.17) is 4.74 Å². The number of rotatable bonds is 17. The molecule has 0 atom stereocenters. The van der Waals surface area contributed by atoms with Crippen molar-refractivity contribution in [1.29, 1.82) is 0 Å². The molecule has 1 heterocycles. The zero-order chi connectivity index (χ0) is 17.3. The highest BCUT2D eigenvalue weighted by Gasteiger charge is 2.18. The minimum absolute atomic E-state index is 0.333. The average molecular weight is 341 g/mol. The minimum atomic E-state index is 0.333. The molecule has 142 valence electrons. The second-order valence-corrected chi connectivity index (χ2v) is 7.03. The lowest BCUT2D eigenvalue weighted by molar-refractivity contribution is -0.127. The molecule has 4 nitrogen and oxygen atoms in total. The highest BCUT2D eigenvalue weighted by Crippen LogP contribution is 2.10. The molecule has 0 aromatic carbocycles. The normalized spacial score (nSPS) is 14.7. The van der Waals surface area contributed by atoms with Crippen LogP contribution in [0.5, 0.6) is 0 Å². The molecular formula is C20H40N2O2. The largest absolute Gasteiger partial charge is 0.380 e. The summed E-state index contributed by atoms with van der Waals surface area (Å²) >= 11 is 0. The number of carbonyl (C=O) groups excluding carboxylic acids is 1. The maximum atomic E-state index is 11.5. The van der Waals surface area contributed by atoms with Crippen LogP contribution in [0.4, 0.5) is 0 Å². The van der Waals surface area contributed by atoms with E-state index in [1.807, 2.05) is 4.90 Å². The Kier molecular flexibility index (Phi) is 14.2. The molecule has 24 heavy (non-hydrogen) atoms. The first-order chi connectivity index (χ1) is 11.8. The van der Waals surface area contributed by atoms with Gasteiger partial charge in [-0.15, -0.1) is 0 Å². The van der Waals surface area contributed by atoms with Crippen LogP contribution in [0.25, 0.3) is 0 Å². The number of carbonyl (C=O) groups is 1. The van der Waals surface area contributed by atoms with Crippen LogP contribution in [0.2, 0.25) is 0 Å². The Labute approximate surface area is 149 Å². The third kappa shape index (κ3) is 11.9. The van der Waals surface area contributed by atoms with Crippen LogP contribution in [0, 0.1) is 0 Å². The van der Waals surface area contributed by atoms with E-state index in [0.29, 0.717) is 5.91 Å². The highest BCUT2D eigenvalue weighted by molar-refractivity contribution is 5.77. The van der Waals surface area contributed by atoms with E-state index in [2.05, 4.69) is 12.2 Å². The van der Waals surface area contributed by atoms with E-state index >= 15 is 0 Å². The van der Waals surface area contributed by atoms with Gasteiger partial charge >= 0.3 is 0 Å². The van der Waals surface area contributed by atoms with Crippen molar-refractivity contribution in [3.8, 4) is 0 Å². The number of ether oxygens (including phenoxy) is 1. The molecule has 0 aliphatic carbocycles. The Morgan fingerprint density at radius 3 is 2.29 bits per heavy atom. The van der Waals surface area contributed by atoms with Gasteiger partial charge in [-0.2, -0.15) is 0 Å². The summed E-state index contributed by atoms with van der Waals surface area (Å²) in [7, 11) is 0. The van der Waals surface area contributed by atoms with E-state index in [9.17, 15) is 4.79 Å². The van der Waals surface area contributed by atoms with Gasteiger partial charge in [-0.1, -0.05) is 58.3 Å². The van der Waals surface area contributed by atoms with Crippen molar-refractivity contribution in [2.24, 2.45) is 0 Å². The van der Waals surface area contributed by atoms with Crippen LogP contribution in [-0.2, 0) is 9.53 Å². The number of hydrogen-bond donors (Lipinski definition) is 1. The molecule has 1 saturated heterocycles. The molecule has 1 N–H and O–H groups in total. The van der Waals surface area contributed by atoms with E-state index in [1.165, 1.54) is 57.8 Å². The summed E-state index contributed by atoms with van der Waals surface area (Å²) in [5, 5.41) is 3.40. The van der Waals surface area contributed by atoms with Gasteiger partial charge in [-0.05, 0) is 25.8 Å². The summed E-state index contributed by atoms with van der Waals surface area (Å²) in [5.74, 6) is 0.333. The molecule has 1 rings (SSSR count). The SMILES string of the molecule is CCCCCCCCCCCOCCNCCCN1CCCC1=O. The van der Waals surface area contributed by atoms with Gasteiger partial charge in [0.2, 0.25) is 5.91 Å². The van der Waals surface area contributed by atoms with Crippen molar-refractivity contribution in [2.75, 3.05) is 39.4 Å². The standard InChI is InChI=1S/C20H40N2O2/c1-2-3-4-5-6-7-8-9-10-18-24-19-15-21-14-12-17-22-16-11-13-20(22)23/h21H,2-19H2,1H3. The summed E-state index contributed by atoms with van der Waals surface area (Å²) in [6.07, 6.45) is 15.1. The van der Waals surface area contributed by atoms with Crippen LogP contribution in [0.1, 0.15) is 84.0 Å². The Bertz CT molecular complexity index is 297. The number of unbranched alkanes of at least 4 members (excludes halogenated alkanes) is 8. The minimum Gasteiger partial charge on any atom is -0.380 e. The maximum absolute atomic E-state index is 11.5. The zero-order valence-electron chi connectivity index (χ0n) is 16.0. The third-order valence-corrected chi connectivity index (χ3v) is 4.77. The quantitative estimate of drug-likeness (QED) is 0.405. The Morgan fingerprint density at radius 1 is 0.917 bits per heavy atom. The first-order valence-electron chi connectivity index (χ1n) is 10.4. The van der Waals surface area contributed by atoms with Crippen molar-refractivity contribution in [3.63, 3.8) is 0 Å². The summed E-state index contributed by atoms with van der Waals surface area (Å²) in [4.78, 5) is 13.4. The first-order valence-corrected chi connectivity index (χ1v) is 10.4. The lowest BCUT2D eigenvalue weighted by Gasteiger charge is -2.15. The number of likely N-dealkylation sites (tertiary alicyclic amines) is 1. The highest BCUT2D eigenvalue weighted by atomic mass is 16.5. The van der Waals surface area contributed by atoms with Crippen LogP contribution < -0.4 is 5.32 Å². The van der Waals surface area contributed by atoms with Crippen molar-refractivity contribution in [2.45, 2.75) is 84.0 Å². The second kappa shape index (κ2) is 15.9. The maximum Gasteiger partial charge on any atom is 0.222 e. The van der Waals surface area contributed by atoms with Gasteiger partial charge in [0, 0.05) is 32.7 Å². The summed E-state index contributed by atoms with van der Waals surface area (Å²) in [5.41, 5.74) is 0. The van der Waals surface area contributed by atoms with Gasteiger partial charge < -0.3 is 15.0 Å².